The number of anilines is 1. The topological polar surface area (TPSA) is 47.6 Å². The van der Waals surface area contributed by atoms with Crippen molar-refractivity contribution in [3.05, 3.63) is 59.2 Å². The zero-order chi connectivity index (χ0) is 18.4. The summed E-state index contributed by atoms with van der Waals surface area (Å²) in [5.41, 5.74) is 0.183. The Hall–Kier alpha value is -2.54. The predicted octanol–water partition coefficient (Wildman–Crippen LogP) is 4.29. The highest BCUT2D eigenvalue weighted by atomic mass is 19.4. The van der Waals surface area contributed by atoms with Gasteiger partial charge < -0.3 is 14.8 Å². The van der Waals surface area contributed by atoms with Crippen molar-refractivity contribution in [2.45, 2.75) is 13.1 Å². The maximum Gasteiger partial charge on any atom is 0.416 e. The molecule has 4 nitrogen and oxygen atoms in total. The van der Waals surface area contributed by atoms with Crippen LogP contribution in [0.3, 0.4) is 0 Å². The Morgan fingerprint density at radius 2 is 1.84 bits per heavy atom. The molecule has 0 saturated carbocycles. The van der Waals surface area contributed by atoms with Crippen molar-refractivity contribution in [3.63, 3.8) is 0 Å². The Morgan fingerprint density at radius 1 is 1.12 bits per heavy atom. The summed E-state index contributed by atoms with van der Waals surface area (Å²) in [4.78, 5) is 12.4. The molecule has 0 aliphatic rings. The number of rotatable bonds is 6. The lowest BCUT2D eigenvalue weighted by molar-refractivity contribution is -0.137. The van der Waals surface area contributed by atoms with E-state index in [1.807, 2.05) is 0 Å². The summed E-state index contributed by atoms with van der Waals surface area (Å²) in [6.07, 6.45) is -4.52. The number of hydrogen-bond acceptors (Lipinski definition) is 3. The first-order valence-corrected chi connectivity index (χ1v) is 7.53. The van der Waals surface area contributed by atoms with E-state index in [0.29, 0.717) is 11.1 Å². The van der Waals surface area contributed by atoms with E-state index in [2.05, 4.69) is 5.32 Å². The van der Waals surface area contributed by atoms with Crippen molar-refractivity contribution in [2.75, 3.05) is 25.6 Å². The van der Waals surface area contributed by atoms with Gasteiger partial charge in [0.05, 0.1) is 17.9 Å². The highest BCUT2D eigenvalue weighted by Gasteiger charge is 2.31. The molecule has 0 heterocycles. The van der Waals surface area contributed by atoms with Crippen molar-refractivity contribution >= 4 is 11.6 Å². The molecule has 2 aromatic rings. The number of benzene rings is 2. The summed E-state index contributed by atoms with van der Waals surface area (Å²) in [6, 6.07) is 9.76. The monoisotopic (exact) mass is 353 g/mol. The quantitative estimate of drug-likeness (QED) is 0.788. The first-order valence-electron chi connectivity index (χ1n) is 7.53. The number of methoxy groups -OCH3 is 1. The molecule has 0 fully saturated rings. The number of alkyl halides is 3. The van der Waals surface area contributed by atoms with Crippen LogP contribution in [0.2, 0.25) is 0 Å². The molecule has 0 bridgehead atoms. The van der Waals surface area contributed by atoms with Crippen LogP contribution in [-0.2, 0) is 10.9 Å². The molecule has 0 spiro atoms. The average Bonchev–Trinajstić information content (AvgIpc) is 2.55. The van der Waals surface area contributed by atoms with Crippen LogP contribution in [0.1, 0.15) is 21.5 Å². The number of carbonyl (C=O) groups is 1. The predicted molar refractivity (Wildman–Crippen MR) is 87.9 cm³/mol. The first kappa shape index (κ1) is 18.8. The number of aryl methyl sites for hydroxylation is 1. The SMILES string of the molecule is COCCOc1ccc(C(F)(F)F)cc1NC(=O)c1ccccc1C. The first-order chi connectivity index (χ1) is 11.8. The molecule has 0 aliphatic carbocycles. The van der Waals surface area contributed by atoms with Crippen LogP contribution in [0, 0.1) is 6.92 Å². The van der Waals surface area contributed by atoms with E-state index < -0.39 is 17.6 Å². The smallest absolute Gasteiger partial charge is 0.416 e. The van der Waals surface area contributed by atoms with Crippen LogP contribution in [0.25, 0.3) is 0 Å². The summed E-state index contributed by atoms with van der Waals surface area (Å²) in [7, 11) is 1.48. The number of amides is 1. The van der Waals surface area contributed by atoms with Gasteiger partial charge in [-0.05, 0) is 36.8 Å². The van der Waals surface area contributed by atoms with Gasteiger partial charge in [0.1, 0.15) is 12.4 Å². The molecule has 0 aliphatic heterocycles. The third-order valence-electron chi connectivity index (χ3n) is 3.49. The minimum Gasteiger partial charge on any atom is -0.489 e. The maximum atomic E-state index is 13.0. The van der Waals surface area contributed by atoms with Crippen molar-refractivity contribution in [2.24, 2.45) is 0 Å². The second-order valence-electron chi connectivity index (χ2n) is 5.32. The molecule has 1 N–H and O–H groups in total. The summed E-state index contributed by atoms with van der Waals surface area (Å²) in [5, 5.41) is 2.50. The minimum atomic E-state index is -4.52. The van der Waals surface area contributed by atoms with Crippen molar-refractivity contribution in [1.29, 1.82) is 0 Å². The van der Waals surface area contributed by atoms with Crippen LogP contribution >= 0.6 is 0 Å². The molecule has 0 aromatic heterocycles. The lowest BCUT2D eigenvalue weighted by atomic mass is 10.1. The average molecular weight is 353 g/mol. The molecule has 1 amide bonds. The lowest BCUT2D eigenvalue weighted by Gasteiger charge is -2.16. The van der Waals surface area contributed by atoms with E-state index in [9.17, 15) is 18.0 Å². The van der Waals surface area contributed by atoms with Gasteiger partial charge in [0, 0.05) is 12.7 Å². The molecular formula is C18H18F3NO3. The van der Waals surface area contributed by atoms with Crippen LogP contribution < -0.4 is 10.1 Å². The Bertz CT molecular complexity index is 745. The van der Waals surface area contributed by atoms with Gasteiger partial charge in [-0.1, -0.05) is 18.2 Å². The van der Waals surface area contributed by atoms with Crippen LogP contribution in [0.5, 0.6) is 5.75 Å². The molecule has 0 radical (unpaired) electrons. The Kier molecular flexibility index (Phi) is 6.03. The molecule has 2 rings (SSSR count). The van der Waals surface area contributed by atoms with E-state index in [4.69, 9.17) is 9.47 Å². The minimum absolute atomic E-state index is 0.0424. The van der Waals surface area contributed by atoms with Crippen LogP contribution in [0.15, 0.2) is 42.5 Å². The fourth-order valence-electron chi connectivity index (χ4n) is 2.18. The Labute approximate surface area is 143 Å². The molecule has 0 unspecified atom stereocenters. The summed E-state index contributed by atoms with van der Waals surface area (Å²) in [5.74, 6) is -0.360. The van der Waals surface area contributed by atoms with E-state index in [1.54, 1.807) is 31.2 Å². The second-order valence-corrected chi connectivity index (χ2v) is 5.32. The Morgan fingerprint density at radius 3 is 2.48 bits per heavy atom. The van der Waals surface area contributed by atoms with Crippen molar-refractivity contribution < 1.29 is 27.4 Å². The summed E-state index contributed by atoms with van der Waals surface area (Å²) in [6.45, 7) is 2.17. The standard InChI is InChI=1S/C18H18F3NO3/c1-12-5-3-4-6-14(12)17(23)22-15-11-13(18(19,20)21)7-8-16(15)25-10-9-24-2/h3-8,11H,9-10H2,1-2H3,(H,22,23). The van der Waals surface area contributed by atoms with E-state index in [0.717, 1.165) is 12.1 Å². The molecule has 2 aromatic carbocycles. The number of ether oxygens (including phenoxy) is 2. The third kappa shape index (κ3) is 4.96. The van der Waals surface area contributed by atoms with Gasteiger partial charge in [0.2, 0.25) is 0 Å². The molecule has 25 heavy (non-hydrogen) atoms. The summed E-state index contributed by atoms with van der Waals surface area (Å²) < 4.78 is 49.1. The lowest BCUT2D eigenvalue weighted by Crippen LogP contribution is -2.16. The van der Waals surface area contributed by atoms with Crippen LogP contribution in [-0.4, -0.2) is 26.2 Å². The highest BCUT2D eigenvalue weighted by molar-refractivity contribution is 6.06. The van der Waals surface area contributed by atoms with Gasteiger partial charge in [0.15, 0.2) is 0 Å². The van der Waals surface area contributed by atoms with Crippen LogP contribution in [0.4, 0.5) is 18.9 Å². The molecule has 134 valence electrons. The summed E-state index contributed by atoms with van der Waals surface area (Å²) >= 11 is 0. The number of carbonyl (C=O) groups excluding carboxylic acids is 1. The van der Waals surface area contributed by atoms with Gasteiger partial charge >= 0.3 is 6.18 Å². The largest absolute Gasteiger partial charge is 0.489 e. The third-order valence-corrected chi connectivity index (χ3v) is 3.49. The van der Waals surface area contributed by atoms with Gasteiger partial charge in [0.25, 0.3) is 5.91 Å². The number of hydrogen-bond donors (Lipinski definition) is 1. The second kappa shape index (κ2) is 8.02. The van der Waals surface area contributed by atoms with Gasteiger partial charge in [-0.15, -0.1) is 0 Å². The van der Waals surface area contributed by atoms with E-state index in [1.165, 1.54) is 13.2 Å². The Balaban J connectivity index is 2.31. The highest BCUT2D eigenvalue weighted by Crippen LogP contribution is 2.35. The van der Waals surface area contributed by atoms with Gasteiger partial charge in [-0.2, -0.15) is 13.2 Å². The maximum absolute atomic E-state index is 13.0. The van der Waals surface area contributed by atoms with E-state index >= 15 is 0 Å². The molecule has 7 heteroatoms. The molecule has 0 saturated heterocycles. The molecular weight excluding hydrogens is 335 g/mol. The van der Waals surface area contributed by atoms with Crippen molar-refractivity contribution in [3.8, 4) is 5.75 Å². The van der Waals surface area contributed by atoms with E-state index in [-0.39, 0.29) is 24.7 Å². The molecule has 0 atom stereocenters. The zero-order valence-electron chi connectivity index (χ0n) is 13.8. The normalized spacial score (nSPS) is 11.2. The fraction of sp³-hybridized carbons (Fsp3) is 0.278. The zero-order valence-corrected chi connectivity index (χ0v) is 13.8. The number of nitrogens with one attached hydrogen (secondary N) is 1. The fourth-order valence-corrected chi connectivity index (χ4v) is 2.18. The van der Waals surface area contributed by atoms with Crippen molar-refractivity contribution in [1.82, 2.24) is 0 Å². The van der Waals surface area contributed by atoms with Gasteiger partial charge in [-0.3, -0.25) is 4.79 Å². The number of halogens is 3. The van der Waals surface area contributed by atoms with Gasteiger partial charge in [-0.25, -0.2) is 0 Å².